The number of amides is 2. The summed E-state index contributed by atoms with van der Waals surface area (Å²) in [5, 5.41) is 2.76. The first-order valence-electron chi connectivity index (χ1n) is 10.6. The topological polar surface area (TPSA) is 97.6 Å². The Morgan fingerprint density at radius 2 is 2.09 bits per heavy atom. The van der Waals surface area contributed by atoms with E-state index in [0.29, 0.717) is 11.4 Å². The van der Waals surface area contributed by atoms with Crippen LogP contribution < -0.4 is 15.0 Å². The highest BCUT2D eigenvalue weighted by molar-refractivity contribution is 5.98. The molecule has 0 atom stereocenters. The van der Waals surface area contributed by atoms with Gasteiger partial charge in [-0.1, -0.05) is 32.9 Å². The Labute approximate surface area is 186 Å². The molecular formula is C24H26N4O4. The van der Waals surface area contributed by atoms with Crippen LogP contribution in [0.4, 0.5) is 5.69 Å². The third-order valence-corrected chi connectivity index (χ3v) is 5.80. The van der Waals surface area contributed by atoms with Crippen LogP contribution in [-0.4, -0.2) is 28.4 Å². The monoisotopic (exact) mass is 434 g/mol. The van der Waals surface area contributed by atoms with Gasteiger partial charge in [0.25, 0.3) is 11.8 Å². The second kappa shape index (κ2) is 8.82. The Morgan fingerprint density at radius 3 is 2.84 bits per heavy atom. The van der Waals surface area contributed by atoms with Crippen LogP contribution in [0.2, 0.25) is 0 Å². The van der Waals surface area contributed by atoms with Gasteiger partial charge < -0.3 is 14.5 Å². The van der Waals surface area contributed by atoms with Gasteiger partial charge in [0, 0.05) is 6.20 Å². The Kier molecular flexibility index (Phi) is 5.94. The lowest BCUT2D eigenvalue weighted by Gasteiger charge is -2.31. The lowest BCUT2D eigenvalue weighted by molar-refractivity contribution is -0.121. The van der Waals surface area contributed by atoms with Crippen molar-refractivity contribution >= 4 is 17.5 Å². The second-order valence-corrected chi connectivity index (χ2v) is 8.32. The van der Waals surface area contributed by atoms with Crippen LogP contribution in [-0.2, 0) is 23.3 Å². The standard InChI is InChI=1S/C24H26N4O4/c1-4-24(2,3)16-8-9-20-19(11-16)28(22(29)15-31-20)13-21-27-18(14-32-21)23(30)26-12-17-7-5-6-10-25-17/h5-11,14H,4,12-13,15H2,1-3H3,(H,26,30). The third-order valence-electron chi connectivity index (χ3n) is 5.80. The van der Waals surface area contributed by atoms with E-state index >= 15 is 0 Å². The molecule has 1 aromatic carbocycles. The average molecular weight is 434 g/mol. The van der Waals surface area contributed by atoms with Crippen molar-refractivity contribution in [2.75, 3.05) is 11.5 Å². The first-order chi connectivity index (χ1) is 15.4. The molecule has 166 valence electrons. The summed E-state index contributed by atoms with van der Waals surface area (Å²) < 4.78 is 11.1. The van der Waals surface area contributed by atoms with Gasteiger partial charge in [0.15, 0.2) is 12.3 Å². The number of aromatic nitrogens is 2. The van der Waals surface area contributed by atoms with Gasteiger partial charge in [-0.15, -0.1) is 0 Å². The average Bonchev–Trinajstić information content (AvgIpc) is 3.28. The summed E-state index contributed by atoms with van der Waals surface area (Å²) in [7, 11) is 0. The molecule has 2 aromatic heterocycles. The van der Waals surface area contributed by atoms with Gasteiger partial charge in [-0.2, -0.15) is 0 Å². The van der Waals surface area contributed by atoms with Gasteiger partial charge in [0.2, 0.25) is 5.89 Å². The zero-order valence-corrected chi connectivity index (χ0v) is 18.4. The van der Waals surface area contributed by atoms with Crippen LogP contribution in [0.25, 0.3) is 0 Å². The lowest BCUT2D eigenvalue weighted by atomic mass is 9.82. The van der Waals surface area contributed by atoms with Crippen LogP contribution in [0.1, 0.15) is 54.8 Å². The van der Waals surface area contributed by atoms with Crippen LogP contribution >= 0.6 is 0 Å². The molecule has 0 radical (unpaired) electrons. The minimum atomic E-state index is -0.369. The Hall–Kier alpha value is -3.68. The molecule has 0 saturated carbocycles. The highest BCUT2D eigenvalue weighted by atomic mass is 16.5. The van der Waals surface area contributed by atoms with E-state index in [2.05, 4.69) is 36.1 Å². The molecule has 0 aliphatic carbocycles. The number of fused-ring (bicyclic) bond motifs is 1. The summed E-state index contributed by atoms with van der Waals surface area (Å²) in [6, 6.07) is 11.4. The number of pyridine rings is 1. The van der Waals surface area contributed by atoms with Crippen LogP contribution in [0.5, 0.6) is 5.75 Å². The Morgan fingerprint density at radius 1 is 1.25 bits per heavy atom. The minimum Gasteiger partial charge on any atom is -0.482 e. The number of hydrogen-bond donors (Lipinski definition) is 1. The Balaban J connectivity index is 1.50. The number of benzene rings is 1. The van der Waals surface area contributed by atoms with E-state index < -0.39 is 0 Å². The van der Waals surface area contributed by atoms with Crippen molar-refractivity contribution in [2.45, 2.75) is 45.7 Å². The summed E-state index contributed by atoms with van der Waals surface area (Å²) in [6.45, 7) is 6.79. The van der Waals surface area contributed by atoms with Gasteiger partial charge in [-0.25, -0.2) is 4.98 Å². The molecule has 2 amide bonds. The first-order valence-corrected chi connectivity index (χ1v) is 10.6. The van der Waals surface area contributed by atoms with E-state index in [-0.39, 0.29) is 48.5 Å². The SMILES string of the molecule is CCC(C)(C)c1ccc2c(c1)N(Cc1nc(C(=O)NCc3ccccn3)co1)C(=O)CO2. The van der Waals surface area contributed by atoms with Crippen molar-refractivity contribution in [3.05, 3.63) is 71.7 Å². The van der Waals surface area contributed by atoms with Crippen molar-refractivity contribution in [1.82, 2.24) is 15.3 Å². The molecule has 3 aromatic rings. The van der Waals surface area contributed by atoms with E-state index in [4.69, 9.17) is 9.15 Å². The molecule has 0 spiro atoms. The zero-order valence-electron chi connectivity index (χ0n) is 18.4. The van der Waals surface area contributed by atoms with Crippen molar-refractivity contribution < 1.29 is 18.7 Å². The maximum absolute atomic E-state index is 12.6. The molecule has 1 N–H and O–H groups in total. The molecule has 32 heavy (non-hydrogen) atoms. The van der Waals surface area contributed by atoms with E-state index in [1.54, 1.807) is 11.1 Å². The number of carbonyl (C=O) groups is 2. The van der Waals surface area contributed by atoms with E-state index in [1.807, 2.05) is 36.4 Å². The van der Waals surface area contributed by atoms with Crippen molar-refractivity contribution in [3.63, 3.8) is 0 Å². The van der Waals surface area contributed by atoms with E-state index in [0.717, 1.165) is 17.7 Å². The number of carbonyl (C=O) groups excluding carboxylic acids is 2. The molecule has 1 aliphatic heterocycles. The van der Waals surface area contributed by atoms with Gasteiger partial charge in [0.1, 0.15) is 18.6 Å². The summed E-state index contributed by atoms with van der Waals surface area (Å²) in [6.07, 6.45) is 3.92. The zero-order chi connectivity index (χ0) is 22.7. The predicted octanol–water partition coefficient (Wildman–Crippen LogP) is 3.61. The fourth-order valence-corrected chi connectivity index (χ4v) is 3.39. The van der Waals surface area contributed by atoms with Gasteiger partial charge >= 0.3 is 0 Å². The number of rotatable bonds is 7. The number of nitrogens with zero attached hydrogens (tertiary/aromatic N) is 3. The maximum Gasteiger partial charge on any atom is 0.273 e. The van der Waals surface area contributed by atoms with E-state index in [9.17, 15) is 9.59 Å². The molecule has 8 heteroatoms. The predicted molar refractivity (Wildman–Crippen MR) is 118 cm³/mol. The molecule has 4 rings (SSSR count). The first kappa shape index (κ1) is 21.5. The van der Waals surface area contributed by atoms with Crippen molar-refractivity contribution in [3.8, 4) is 5.75 Å². The second-order valence-electron chi connectivity index (χ2n) is 8.32. The van der Waals surface area contributed by atoms with Crippen molar-refractivity contribution in [2.24, 2.45) is 0 Å². The highest BCUT2D eigenvalue weighted by Crippen LogP contribution is 2.38. The number of anilines is 1. The molecule has 3 heterocycles. The van der Waals surface area contributed by atoms with Gasteiger partial charge in [-0.3, -0.25) is 19.5 Å². The molecular weight excluding hydrogens is 408 g/mol. The normalized spacial score (nSPS) is 13.5. The molecule has 0 bridgehead atoms. The highest BCUT2D eigenvalue weighted by Gasteiger charge is 2.29. The largest absolute Gasteiger partial charge is 0.482 e. The fraction of sp³-hybridized carbons (Fsp3) is 0.333. The smallest absolute Gasteiger partial charge is 0.273 e. The molecule has 0 unspecified atom stereocenters. The molecule has 1 aliphatic rings. The van der Waals surface area contributed by atoms with Crippen LogP contribution in [0.3, 0.4) is 0 Å². The summed E-state index contributed by atoms with van der Waals surface area (Å²) in [5.74, 6) is 0.351. The quantitative estimate of drug-likeness (QED) is 0.610. The summed E-state index contributed by atoms with van der Waals surface area (Å²) in [5.41, 5.74) is 2.65. The van der Waals surface area contributed by atoms with E-state index in [1.165, 1.54) is 6.26 Å². The van der Waals surface area contributed by atoms with Crippen molar-refractivity contribution in [1.29, 1.82) is 0 Å². The maximum atomic E-state index is 12.6. The minimum absolute atomic E-state index is 0.0387. The lowest BCUT2D eigenvalue weighted by Crippen LogP contribution is -2.38. The number of oxazole rings is 1. The Bertz CT molecular complexity index is 1120. The number of hydrogen-bond acceptors (Lipinski definition) is 6. The number of ether oxygens (including phenoxy) is 1. The molecule has 0 fully saturated rings. The van der Waals surface area contributed by atoms with Gasteiger partial charge in [-0.05, 0) is 41.7 Å². The van der Waals surface area contributed by atoms with Crippen LogP contribution in [0, 0.1) is 0 Å². The molecule has 8 nitrogen and oxygen atoms in total. The summed E-state index contributed by atoms with van der Waals surface area (Å²) in [4.78, 5) is 35.1. The summed E-state index contributed by atoms with van der Waals surface area (Å²) >= 11 is 0. The third kappa shape index (κ3) is 4.49. The van der Waals surface area contributed by atoms with Crippen LogP contribution in [0.15, 0.2) is 53.3 Å². The number of nitrogens with one attached hydrogen (secondary N) is 1. The van der Waals surface area contributed by atoms with Gasteiger partial charge in [0.05, 0.1) is 17.9 Å². The fourth-order valence-electron chi connectivity index (χ4n) is 3.39. The molecule has 0 saturated heterocycles.